The van der Waals surface area contributed by atoms with Gasteiger partial charge in [-0.25, -0.2) is 4.39 Å². The summed E-state index contributed by atoms with van der Waals surface area (Å²) in [5.74, 6) is 1.01. The fraction of sp³-hybridized carbons (Fsp3) is 0.294. The van der Waals surface area contributed by atoms with Gasteiger partial charge in [0.15, 0.2) is 5.82 Å². The molecule has 110 valence electrons. The van der Waals surface area contributed by atoms with Gasteiger partial charge in [0.2, 0.25) is 0 Å². The summed E-state index contributed by atoms with van der Waals surface area (Å²) in [6, 6.07) is 13.4. The van der Waals surface area contributed by atoms with Crippen LogP contribution in [0.25, 0.3) is 0 Å². The highest BCUT2D eigenvalue weighted by atomic mass is 35.5. The third-order valence-corrected chi connectivity index (χ3v) is 4.32. The molecule has 1 saturated carbocycles. The molecule has 0 unspecified atom stereocenters. The van der Waals surface area contributed by atoms with E-state index in [9.17, 15) is 4.39 Å². The monoisotopic (exact) mass is 305 g/mol. The number of anilines is 1. The van der Waals surface area contributed by atoms with Crippen molar-refractivity contribution in [3.63, 3.8) is 0 Å². The first-order chi connectivity index (χ1) is 10.2. The summed E-state index contributed by atoms with van der Waals surface area (Å²) in [6.45, 7) is 0. The maximum atomic E-state index is 13.8. The smallest absolute Gasteiger partial charge is 0.164 e. The fourth-order valence-electron chi connectivity index (χ4n) is 2.83. The molecule has 1 aliphatic carbocycles. The third kappa shape index (κ3) is 2.84. The van der Waals surface area contributed by atoms with Crippen molar-refractivity contribution in [2.45, 2.75) is 24.8 Å². The lowest BCUT2D eigenvalue weighted by Crippen LogP contribution is -2.34. The molecule has 1 N–H and O–H groups in total. The summed E-state index contributed by atoms with van der Waals surface area (Å²) >= 11 is 5.79. The molecule has 0 atom stereocenters. The molecule has 0 amide bonds. The van der Waals surface area contributed by atoms with Crippen LogP contribution in [0.15, 0.2) is 42.5 Å². The van der Waals surface area contributed by atoms with Crippen molar-refractivity contribution in [3.05, 3.63) is 58.9 Å². The molecule has 0 heterocycles. The summed E-state index contributed by atoms with van der Waals surface area (Å²) in [5, 5.41) is 3.38. The normalized spacial score (nSPS) is 20.7. The van der Waals surface area contributed by atoms with Crippen LogP contribution in [0.2, 0.25) is 5.02 Å². The Morgan fingerprint density at radius 1 is 1.14 bits per heavy atom. The second kappa shape index (κ2) is 5.94. The zero-order chi connectivity index (χ0) is 14.8. The molecule has 0 saturated heterocycles. The van der Waals surface area contributed by atoms with Gasteiger partial charge in [0.1, 0.15) is 5.75 Å². The van der Waals surface area contributed by atoms with Gasteiger partial charge in [0.05, 0.1) is 17.8 Å². The molecule has 1 fully saturated rings. The highest BCUT2D eigenvalue weighted by molar-refractivity contribution is 6.31. The lowest BCUT2D eigenvalue weighted by atomic mass is 9.75. The lowest BCUT2D eigenvalue weighted by molar-refractivity contribution is 0.349. The molecule has 0 aliphatic heterocycles. The van der Waals surface area contributed by atoms with E-state index >= 15 is 0 Å². The Bertz CT molecular complexity index is 640. The molecule has 0 radical (unpaired) electrons. The third-order valence-electron chi connectivity index (χ3n) is 4.03. The van der Waals surface area contributed by atoms with E-state index in [1.807, 2.05) is 18.2 Å². The summed E-state index contributed by atoms with van der Waals surface area (Å²) < 4.78 is 19.2. The molecule has 0 bridgehead atoms. The summed E-state index contributed by atoms with van der Waals surface area (Å²) in [4.78, 5) is 0. The van der Waals surface area contributed by atoms with E-state index in [0.717, 1.165) is 18.6 Å². The van der Waals surface area contributed by atoms with Gasteiger partial charge in [-0.2, -0.15) is 0 Å². The van der Waals surface area contributed by atoms with Crippen LogP contribution in [-0.4, -0.2) is 13.2 Å². The van der Waals surface area contributed by atoms with Crippen molar-refractivity contribution in [3.8, 4) is 5.75 Å². The van der Waals surface area contributed by atoms with Gasteiger partial charge in [-0.15, -0.1) is 0 Å². The number of para-hydroxylation sites is 1. The maximum absolute atomic E-state index is 13.8. The number of methoxy groups -OCH3 is 1. The second-order valence-electron chi connectivity index (χ2n) is 5.35. The fourth-order valence-corrected chi connectivity index (χ4v) is 3.00. The van der Waals surface area contributed by atoms with Crippen molar-refractivity contribution in [1.29, 1.82) is 0 Å². The molecule has 4 heteroatoms. The van der Waals surface area contributed by atoms with Gasteiger partial charge in [0.25, 0.3) is 0 Å². The van der Waals surface area contributed by atoms with Crippen LogP contribution in [0, 0.1) is 5.82 Å². The van der Waals surface area contributed by atoms with E-state index in [2.05, 4.69) is 11.4 Å². The van der Waals surface area contributed by atoms with Crippen molar-refractivity contribution < 1.29 is 9.13 Å². The Morgan fingerprint density at radius 2 is 1.90 bits per heavy atom. The van der Waals surface area contributed by atoms with Crippen LogP contribution in [0.5, 0.6) is 5.75 Å². The number of hydrogen-bond donors (Lipinski definition) is 1. The van der Waals surface area contributed by atoms with Gasteiger partial charge in [-0.3, -0.25) is 0 Å². The minimum absolute atomic E-state index is 0.153. The number of halogens is 2. The van der Waals surface area contributed by atoms with Crippen LogP contribution in [-0.2, 0) is 0 Å². The van der Waals surface area contributed by atoms with Crippen LogP contribution in [0.4, 0.5) is 10.1 Å². The van der Waals surface area contributed by atoms with Gasteiger partial charge in [-0.1, -0.05) is 35.9 Å². The predicted molar refractivity (Wildman–Crippen MR) is 83.8 cm³/mol. The maximum Gasteiger partial charge on any atom is 0.164 e. The number of rotatable bonds is 4. The summed E-state index contributed by atoms with van der Waals surface area (Å²) in [7, 11) is 1.69. The largest absolute Gasteiger partial charge is 0.496 e. The Labute approximate surface area is 128 Å². The molecule has 2 aromatic rings. The quantitative estimate of drug-likeness (QED) is 0.872. The average molecular weight is 306 g/mol. The van der Waals surface area contributed by atoms with Gasteiger partial charge >= 0.3 is 0 Å². The van der Waals surface area contributed by atoms with E-state index in [0.29, 0.717) is 11.6 Å². The molecular formula is C17H17ClFNO. The minimum atomic E-state index is -0.375. The molecule has 21 heavy (non-hydrogen) atoms. The summed E-state index contributed by atoms with van der Waals surface area (Å²) in [5.41, 5.74) is 1.70. The van der Waals surface area contributed by atoms with Crippen LogP contribution < -0.4 is 10.1 Å². The predicted octanol–water partition coefficient (Wildman–Crippen LogP) is 4.85. The standard InChI is InChI=1S/C17H17ClFNO/c1-21-16-8-3-2-5-13(16)11-9-12(10-11)20-15-7-4-6-14(18)17(15)19/h2-8,11-12,20H,9-10H2,1H3. The first-order valence-corrected chi connectivity index (χ1v) is 7.40. The zero-order valence-corrected chi connectivity index (χ0v) is 12.5. The van der Waals surface area contributed by atoms with Crippen LogP contribution in [0.1, 0.15) is 24.3 Å². The number of nitrogens with one attached hydrogen (secondary N) is 1. The van der Waals surface area contributed by atoms with Gasteiger partial charge in [0, 0.05) is 6.04 Å². The molecule has 3 rings (SSSR count). The van der Waals surface area contributed by atoms with Crippen molar-refractivity contribution in [2.24, 2.45) is 0 Å². The molecular weight excluding hydrogens is 289 g/mol. The molecule has 2 aromatic carbocycles. The van der Waals surface area contributed by atoms with Crippen LogP contribution >= 0.6 is 11.6 Å². The van der Waals surface area contributed by atoms with Crippen molar-refractivity contribution >= 4 is 17.3 Å². The number of benzene rings is 2. The second-order valence-corrected chi connectivity index (χ2v) is 5.76. The average Bonchev–Trinajstić information content (AvgIpc) is 2.46. The molecule has 0 aromatic heterocycles. The highest BCUT2D eigenvalue weighted by Gasteiger charge is 2.32. The van der Waals surface area contributed by atoms with Crippen molar-refractivity contribution in [2.75, 3.05) is 12.4 Å². The Morgan fingerprint density at radius 3 is 2.67 bits per heavy atom. The first kappa shape index (κ1) is 14.2. The topological polar surface area (TPSA) is 21.3 Å². The first-order valence-electron chi connectivity index (χ1n) is 7.02. The van der Waals surface area contributed by atoms with E-state index in [4.69, 9.17) is 16.3 Å². The van der Waals surface area contributed by atoms with Gasteiger partial charge in [-0.05, 0) is 42.5 Å². The van der Waals surface area contributed by atoms with E-state index < -0.39 is 0 Å². The van der Waals surface area contributed by atoms with Gasteiger partial charge < -0.3 is 10.1 Å². The summed E-state index contributed by atoms with van der Waals surface area (Å²) in [6.07, 6.45) is 1.93. The minimum Gasteiger partial charge on any atom is -0.496 e. The number of hydrogen-bond acceptors (Lipinski definition) is 2. The highest BCUT2D eigenvalue weighted by Crippen LogP contribution is 2.42. The van der Waals surface area contributed by atoms with Crippen molar-refractivity contribution in [1.82, 2.24) is 0 Å². The molecule has 2 nitrogen and oxygen atoms in total. The Balaban J connectivity index is 1.65. The number of ether oxygens (including phenoxy) is 1. The SMILES string of the molecule is COc1ccccc1C1CC(Nc2cccc(Cl)c2F)C1. The Kier molecular flexibility index (Phi) is 4.02. The Hall–Kier alpha value is -1.74. The van der Waals surface area contributed by atoms with Crippen LogP contribution in [0.3, 0.4) is 0 Å². The van der Waals surface area contributed by atoms with E-state index in [1.165, 1.54) is 5.56 Å². The van der Waals surface area contributed by atoms with E-state index in [1.54, 1.807) is 25.3 Å². The zero-order valence-electron chi connectivity index (χ0n) is 11.8. The van der Waals surface area contributed by atoms with E-state index in [-0.39, 0.29) is 16.9 Å². The molecule has 0 spiro atoms. The molecule has 1 aliphatic rings. The lowest BCUT2D eigenvalue weighted by Gasteiger charge is -2.37.